The van der Waals surface area contributed by atoms with Gasteiger partial charge in [0.2, 0.25) is 5.88 Å². The number of halogens is 1. The average Bonchev–Trinajstić information content (AvgIpc) is 2.78. The summed E-state index contributed by atoms with van der Waals surface area (Å²) in [5, 5.41) is 10.3. The number of benzene rings is 3. The highest BCUT2D eigenvalue weighted by Gasteiger charge is 2.31. The highest BCUT2D eigenvalue weighted by molar-refractivity contribution is 6.30. The lowest BCUT2D eigenvalue weighted by Crippen LogP contribution is -2.21. The summed E-state index contributed by atoms with van der Waals surface area (Å²) in [4.78, 5) is 12.5. The summed E-state index contributed by atoms with van der Waals surface area (Å²) in [5.41, 5.74) is 9.73. The third-order valence-electron chi connectivity index (χ3n) is 5.59. The molecule has 0 saturated heterocycles. The number of ether oxygens (including phenoxy) is 2. The number of nitrogens with zero attached hydrogens (tertiary/aromatic N) is 1. The molecule has 6 heteroatoms. The van der Waals surface area contributed by atoms with Gasteiger partial charge >= 0.3 is 5.97 Å². The summed E-state index contributed by atoms with van der Waals surface area (Å²) >= 11 is 5.88. The Morgan fingerprint density at radius 2 is 1.73 bits per heavy atom. The van der Waals surface area contributed by atoms with Gasteiger partial charge in [-0.15, -0.1) is 0 Å². The molecule has 1 aliphatic rings. The van der Waals surface area contributed by atoms with Crippen LogP contribution in [0.3, 0.4) is 0 Å². The van der Waals surface area contributed by atoms with Gasteiger partial charge in [0.25, 0.3) is 0 Å². The lowest BCUT2D eigenvalue weighted by Gasteiger charge is -2.27. The first-order valence-electron chi connectivity index (χ1n) is 10.5. The zero-order valence-corrected chi connectivity index (χ0v) is 19.3. The molecule has 4 rings (SSSR count). The van der Waals surface area contributed by atoms with E-state index in [0.29, 0.717) is 27.7 Å². The van der Waals surface area contributed by atoms with Crippen LogP contribution in [0.4, 0.5) is 0 Å². The quantitative estimate of drug-likeness (QED) is 0.380. The minimum atomic E-state index is -0.516. The Morgan fingerprint density at radius 3 is 2.33 bits per heavy atom. The maximum absolute atomic E-state index is 12.5. The second-order valence-electron chi connectivity index (χ2n) is 8.89. The zero-order chi connectivity index (χ0) is 23.8. The van der Waals surface area contributed by atoms with Crippen LogP contribution < -0.4 is 15.2 Å². The Hall–Kier alpha value is -3.75. The van der Waals surface area contributed by atoms with E-state index in [1.165, 1.54) is 5.56 Å². The molecular weight excluding hydrogens is 436 g/mol. The second kappa shape index (κ2) is 8.65. The van der Waals surface area contributed by atoms with E-state index >= 15 is 0 Å². The molecule has 0 aliphatic carbocycles. The lowest BCUT2D eigenvalue weighted by atomic mass is 9.81. The van der Waals surface area contributed by atoms with Crippen LogP contribution in [0.5, 0.6) is 11.5 Å². The van der Waals surface area contributed by atoms with Crippen molar-refractivity contribution in [2.75, 3.05) is 0 Å². The maximum Gasteiger partial charge on any atom is 0.343 e. The van der Waals surface area contributed by atoms with Crippen LogP contribution in [0.25, 0.3) is 0 Å². The summed E-state index contributed by atoms with van der Waals surface area (Å²) in [6.45, 7) is 6.45. The Bertz CT molecular complexity index is 1280. The van der Waals surface area contributed by atoms with Gasteiger partial charge in [0.05, 0.1) is 11.5 Å². The Balaban J connectivity index is 1.67. The Morgan fingerprint density at radius 1 is 1.06 bits per heavy atom. The number of carbonyl (C=O) groups is 1. The molecule has 0 aromatic heterocycles. The normalized spacial score (nSPS) is 15.3. The van der Waals surface area contributed by atoms with Crippen LogP contribution in [-0.4, -0.2) is 5.97 Å². The van der Waals surface area contributed by atoms with Crippen LogP contribution in [-0.2, 0) is 5.41 Å². The van der Waals surface area contributed by atoms with Gasteiger partial charge in [-0.2, -0.15) is 5.26 Å². The molecule has 0 radical (unpaired) electrons. The maximum atomic E-state index is 12.5. The van der Waals surface area contributed by atoms with Crippen molar-refractivity contribution in [2.24, 2.45) is 5.73 Å². The van der Waals surface area contributed by atoms with E-state index in [0.717, 1.165) is 11.1 Å². The van der Waals surface area contributed by atoms with Gasteiger partial charge in [-0.1, -0.05) is 62.7 Å². The smallest absolute Gasteiger partial charge is 0.343 e. The topological polar surface area (TPSA) is 85.3 Å². The van der Waals surface area contributed by atoms with Crippen molar-refractivity contribution in [1.82, 2.24) is 0 Å². The fraction of sp³-hybridized carbons (Fsp3) is 0.185. The molecule has 1 unspecified atom stereocenters. The first kappa shape index (κ1) is 22.4. The van der Waals surface area contributed by atoms with Crippen LogP contribution in [0.15, 0.2) is 78.2 Å². The molecule has 0 saturated carbocycles. The fourth-order valence-corrected chi connectivity index (χ4v) is 3.90. The third kappa shape index (κ3) is 4.57. The van der Waals surface area contributed by atoms with Crippen molar-refractivity contribution in [3.8, 4) is 17.6 Å². The van der Waals surface area contributed by atoms with Gasteiger partial charge < -0.3 is 15.2 Å². The highest BCUT2D eigenvalue weighted by atomic mass is 35.5. The van der Waals surface area contributed by atoms with Gasteiger partial charge in [0.15, 0.2) is 0 Å². The van der Waals surface area contributed by atoms with E-state index in [2.05, 4.69) is 39.0 Å². The number of fused-ring (bicyclic) bond motifs is 1. The van der Waals surface area contributed by atoms with Crippen molar-refractivity contribution in [1.29, 1.82) is 5.26 Å². The minimum Gasteiger partial charge on any atom is -0.440 e. The molecule has 0 bridgehead atoms. The summed E-state index contributed by atoms with van der Waals surface area (Å²) in [5.74, 6) is -0.107. The van der Waals surface area contributed by atoms with E-state index in [4.69, 9.17) is 26.8 Å². The number of nitrogens with two attached hydrogens (primary N) is 1. The van der Waals surface area contributed by atoms with E-state index in [1.807, 2.05) is 12.1 Å². The molecule has 2 N–H and O–H groups in total. The number of hydrogen-bond acceptors (Lipinski definition) is 5. The summed E-state index contributed by atoms with van der Waals surface area (Å²) in [7, 11) is 0. The molecule has 0 fully saturated rings. The molecule has 1 heterocycles. The molecule has 3 aromatic carbocycles. The van der Waals surface area contributed by atoms with Crippen LogP contribution in [0.1, 0.15) is 53.7 Å². The number of nitriles is 1. The van der Waals surface area contributed by atoms with E-state index in [-0.39, 0.29) is 17.2 Å². The molecule has 1 aliphatic heterocycles. The minimum absolute atomic E-state index is 0.0158. The van der Waals surface area contributed by atoms with Gasteiger partial charge in [0.1, 0.15) is 23.1 Å². The number of hydrogen-bond donors (Lipinski definition) is 1. The van der Waals surface area contributed by atoms with E-state index < -0.39 is 5.97 Å². The molecule has 0 spiro atoms. The van der Waals surface area contributed by atoms with Crippen molar-refractivity contribution < 1.29 is 14.3 Å². The van der Waals surface area contributed by atoms with Crippen LogP contribution in [0.2, 0.25) is 5.02 Å². The lowest BCUT2D eigenvalue weighted by molar-refractivity contribution is 0.0734. The first-order chi connectivity index (χ1) is 15.7. The zero-order valence-electron chi connectivity index (χ0n) is 18.6. The van der Waals surface area contributed by atoms with Crippen molar-refractivity contribution >= 4 is 17.6 Å². The predicted molar refractivity (Wildman–Crippen MR) is 127 cm³/mol. The van der Waals surface area contributed by atoms with Crippen molar-refractivity contribution in [2.45, 2.75) is 32.1 Å². The van der Waals surface area contributed by atoms with Crippen LogP contribution >= 0.6 is 11.6 Å². The predicted octanol–water partition coefficient (Wildman–Crippen LogP) is 6.07. The number of rotatable bonds is 3. The first-order valence-corrected chi connectivity index (χ1v) is 10.8. The standard InChI is InChI=1S/C27H23ClN2O3/c1-27(2,3)18-8-4-16(5-9-18)24-21-13-12-20(14-23(21)33-25(30)22(24)15-29)32-26(31)17-6-10-19(28)11-7-17/h4-14,24H,30H2,1-3H3. The molecule has 33 heavy (non-hydrogen) atoms. The van der Waals surface area contributed by atoms with Gasteiger partial charge in [-0.25, -0.2) is 4.79 Å². The summed E-state index contributed by atoms with van der Waals surface area (Å²) in [6, 6.07) is 21.9. The van der Waals surface area contributed by atoms with Crippen LogP contribution in [0, 0.1) is 11.3 Å². The fourth-order valence-electron chi connectivity index (χ4n) is 3.77. The second-order valence-corrected chi connectivity index (χ2v) is 9.33. The molecule has 0 amide bonds. The van der Waals surface area contributed by atoms with Crippen molar-refractivity contribution in [3.63, 3.8) is 0 Å². The molecule has 1 atom stereocenters. The molecular formula is C27H23ClN2O3. The van der Waals surface area contributed by atoms with Crippen molar-refractivity contribution in [3.05, 3.63) is 105 Å². The average molecular weight is 459 g/mol. The summed E-state index contributed by atoms with van der Waals surface area (Å²) < 4.78 is 11.2. The number of esters is 1. The third-order valence-corrected chi connectivity index (χ3v) is 5.84. The highest BCUT2D eigenvalue weighted by Crippen LogP contribution is 2.43. The van der Waals surface area contributed by atoms with Gasteiger partial charge in [0, 0.05) is 16.7 Å². The SMILES string of the molecule is CC(C)(C)c1ccc(C2C(C#N)=C(N)Oc3cc(OC(=O)c4ccc(Cl)cc4)ccc32)cc1. The number of allylic oxidation sites excluding steroid dienone is 1. The Kier molecular flexibility index (Phi) is 5.88. The molecule has 5 nitrogen and oxygen atoms in total. The molecule has 166 valence electrons. The molecule has 3 aromatic rings. The monoisotopic (exact) mass is 458 g/mol. The van der Waals surface area contributed by atoms with Gasteiger partial charge in [-0.05, 0) is 46.9 Å². The van der Waals surface area contributed by atoms with E-state index in [9.17, 15) is 10.1 Å². The largest absolute Gasteiger partial charge is 0.440 e. The number of carbonyl (C=O) groups excluding carboxylic acids is 1. The van der Waals surface area contributed by atoms with Gasteiger partial charge in [-0.3, -0.25) is 0 Å². The Labute approximate surface area is 198 Å². The summed E-state index contributed by atoms with van der Waals surface area (Å²) in [6.07, 6.45) is 0. The van der Waals surface area contributed by atoms with E-state index in [1.54, 1.807) is 42.5 Å².